The Labute approximate surface area is 130 Å². The lowest BCUT2D eigenvalue weighted by Gasteiger charge is -2.43. The van der Waals surface area contributed by atoms with Gasteiger partial charge in [0.15, 0.2) is 11.8 Å². The number of hydrogen-bond donors (Lipinski definition) is 0. The van der Waals surface area contributed by atoms with Gasteiger partial charge in [0.1, 0.15) is 0 Å². The fourth-order valence-electron chi connectivity index (χ4n) is 3.43. The van der Waals surface area contributed by atoms with Crippen LogP contribution in [0.1, 0.15) is 12.8 Å². The molecule has 1 saturated carbocycles. The molecule has 0 amide bonds. The maximum absolute atomic E-state index is 12.3. The van der Waals surface area contributed by atoms with E-state index in [1.54, 1.807) is 0 Å². The average molecular weight is 302 g/mol. The Morgan fingerprint density at radius 2 is 1.82 bits per heavy atom. The largest absolute Gasteiger partial charge is 0.467 e. The molecule has 0 spiro atoms. The van der Waals surface area contributed by atoms with E-state index in [2.05, 4.69) is 17.0 Å². The zero-order chi connectivity index (χ0) is 15.6. The van der Waals surface area contributed by atoms with Gasteiger partial charge in [0, 0.05) is 31.9 Å². The summed E-state index contributed by atoms with van der Waals surface area (Å²) in [5, 5.41) is 0. The summed E-state index contributed by atoms with van der Waals surface area (Å²) >= 11 is 0. The van der Waals surface area contributed by atoms with Gasteiger partial charge in [0.2, 0.25) is 0 Å². The van der Waals surface area contributed by atoms with Crippen molar-refractivity contribution in [2.24, 2.45) is 5.92 Å². The van der Waals surface area contributed by atoms with Crippen LogP contribution in [0.2, 0.25) is 0 Å². The minimum absolute atomic E-state index is 0.112. The third kappa shape index (κ3) is 2.50. The van der Waals surface area contributed by atoms with Gasteiger partial charge in [0.05, 0.1) is 7.11 Å². The number of hydrogen-bond acceptors (Lipinski definition) is 5. The summed E-state index contributed by atoms with van der Waals surface area (Å²) in [6.45, 7) is 3.01. The van der Waals surface area contributed by atoms with E-state index in [9.17, 15) is 9.59 Å². The topological polar surface area (TPSA) is 49.9 Å². The summed E-state index contributed by atoms with van der Waals surface area (Å²) in [5.74, 6) is -0.293. The highest BCUT2D eigenvalue weighted by Crippen LogP contribution is 2.43. The molecule has 1 aliphatic carbocycles. The summed E-state index contributed by atoms with van der Waals surface area (Å²) in [7, 11) is 1.36. The molecule has 2 aliphatic rings. The number of nitrogens with zero attached hydrogens (tertiary/aromatic N) is 2. The maximum Gasteiger partial charge on any atom is 0.334 e. The SMILES string of the molecule is COC(=O)C(C=O)(C1CC1)N1CCN(c2ccccc2)CC1. The Kier molecular flexibility index (Phi) is 4.16. The minimum atomic E-state index is -1.07. The number of carbonyl (C=O) groups is 2. The maximum atomic E-state index is 12.3. The number of benzene rings is 1. The molecular weight excluding hydrogens is 280 g/mol. The first-order chi connectivity index (χ1) is 10.7. The van der Waals surface area contributed by atoms with Crippen LogP contribution in [0.25, 0.3) is 0 Å². The molecule has 1 aromatic carbocycles. The Bertz CT molecular complexity index is 536. The quantitative estimate of drug-likeness (QED) is 0.466. The van der Waals surface area contributed by atoms with E-state index in [0.29, 0.717) is 13.1 Å². The Hall–Kier alpha value is -1.88. The van der Waals surface area contributed by atoms with Gasteiger partial charge in [-0.25, -0.2) is 4.79 Å². The molecule has 1 unspecified atom stereocenters. The molecule has 118 valence electrons. The number of anilines is 1. The first-order valence-corrected chi connectivity index (χ1v) is 7.82. The minimum Gasteiger partial charge on any atom is -0.467 e. The highest BCUT2D eigenvalue weighted by atomic mass is 16.5. The van der Waals surface area contributed by atoms with Crippen molar-refractivity contribution in [2.45, 2.75) is 18.4 Å². The van der Waals surface area contributed by atoms with E-state index in [1.807, 2.05) is 23.1 Å². The zero-order valence-electron chi connectivity index (χ0n) is 12.9. The molecule has 22 heavy (non-hydrogen) atoms. The van der Waals surface area contributed by atoms with Crippen molar-refractivity contribution in [2.75, 3.05) is 38.2 Å². The van der Waals surface area contributed by atoms with Gasteiger partial charge in [-0.3, -0.25) is 4.90 Å². The summed E-state index contributed by atoms with van der Waals surface area (Å²) in [4.78, 5) is 28.4. The van der Waals surface area contributed by atoms with Crippen LogP contribution < -0.4 is 4.90 Å². The van der Waals surface area contributed by atoms with Gasteiger partial charge in [-0.2, -0.15) is 0 Å². The van der Waals surface area contributed by atoms with Crippen LogP contribution in [0.5, 0.6) is 0 Å². The number of methoxy groups -OCH3 is 1. The van der Waals surface area contributed by atoms with Crippen molar-refractivity contribution in [1.29, 1.82) is 0 Å². The van der Waals surface area contributed by atoms with E-state index in [1.165, 1.54) is 12.8 Å². The second-order valence-electron chi connectivity index (χ2n) is 6.02. The summed E-state index contributed by atoms with van der Waals surface area (Å²) < 4.78 is 4.95. The normalized spacial score (nSPS) is 22.0. The van der Waals surface area contributed by atoms with Crippen molar-refractivity contribution in [3.05, 3.63) is 30.3 Å². The molecule has 5 heteroatoms. The lowest BCUT2D eigenvalue weighted by atomic mass is 9.91. The Balaban J connectivity index is 1.74. The second-order valence-corrected chi connectivity index (χ2v) is 6.02. The van der Waals surface area contributed by atoms with Crippen molar-refractivity contribution in [1.82, 2.24) is 4.90 Å². The number of para-hydroxylation sites is 1. The summed E-state index contributed by atoms with van der Waals surface area (Å²) in [5.41, 5.74) is 0.112. The summed E-state index contributed by atoms with van der Waals surface area (Å²) in [6, 6.07) is 10.2. The third-order valence-corrected chi connectivity index (χ3v) is 4.82. The van der Waals surface area contributed by atoms with Crippen molar-refractivity contribution in [3.8, 4) is 0 Å². The van der Waals surface area contributed by atoms with Crippen LogP contribution in [0.3, 0.4) is 0 Å². The van der Waals surface area contributed by atoms with Gasteiger partial charge in [-0.05, 0) is 30.9 Å². The summed E-state index contributed by atoms with van der Waals surface area (Å²) in [6.07, 6.45) is 2.66. The van der Waals surface area contributed by atoms with Crippen molar-refractivity contribution < 1.29 is 14.3 Å². The molecule has 1 atom stereocenters. The number of aldehydes is 1. The van der Waals surface area contributed by atoms with Crippen LogP contribution in [0.15, 0.2) is 30.3 Å². The first kappa shape index (κ1) is 15.0. The fraction of sp³-hybridized carbons (Fsp3) is 0.529. The highest BCUT2D eigenvalue weighted by molar-refractivity contribution is 5.99. The standard InChI is InChI=1S/C17H22N2O3/c1-22-16(21)17(13-20,14-7-8-14)19-11-9-18(10-12-19)15-5-3-2-4-6-15/h2-6,13-14H,7-12H2,1H3. The smallest absolute Gasteiger partial charge is 0.334 e. The van der Waals surface area contributed by atoms with Crippen molar-refractivity contribution in [3.63, 3.8) is 0 Å². The zero-order valence-corrected chi connectivity index (χ0v) is 12.9. The Morgan fingerprint density at radius 1 is 1.18 bits per heavy atom. The van der Waals surface area contributed by atoms with E-state index >= 15 is 0 Å². The predicted molar refractivity (Wildman–Crippen MR) is 83.8 cm³/mol. The number of esters is 1. The fourth-order valence-corrected chi connectivity index (χ4v) is 3.43. The molecule has 1 heterocycles. The van der Waals surface area contributed by atoms with E-state index in [0.717, 1.165) is 32.2 Å². The number of piperazine rings is 1. The molecule has 1 aromatic rings. The van der Waals surface area contributed by atoms with Crippen LogP contribution in [0.4, 0.5) is 5.69 Å². The molecule has 5 nitrogen and oxygen atoms in total. The molecule has 1 saturated heterocycles. The molecule has 0 bridgehead atoms. The second kappa shape index (κ2) is 6.08. The molecule has 0 N–H and O–H groups in total. The number of ether oxygens (including phenoxy) is 1. The van der Waals surface area contributed by atoms with Crippen LogP contribution in [-0.4, -0.2) is 56.0 Å². The van der Waals surface area contributed by atoms with E-state index in [4.69, 9.17) is 4.74 Å². The molecular formula is C17H22N2O3. The van der Waals surface area contributed by atoms with Gasteiger partial charge in [-0.15, -0.1) is 0 Å². The van der Waals surface area contributed by atoms with Crippen LogP contribution in [-0.2, 0) is 14.3 Å². The predicted octanol–water partition coefficient (Wildman–Crippen LogP) is 1.33. The lowest BCUT2D eigenvalue weighted by Crippen LogP contribution is -2.63. The van der Waals surface area contributed by atoms with Crippen LogP contribution >= 0.6 is 0 Å². The first-order valence-electron chi connectivity index (χ1n) is 7.82. The van der Waals surface area contributed by atoms with E-state index in [-0.39, 0.29) is 5.92 Å². The van der Waals surface area contributed by atoms with Gasteiger partial charge < -0.3 is 14.4 Å². The molecule has 3 rings (SSSR count). The number of rotatable bonds is 5. The molecule has 2 fully saturated rings. The number of carbonyl (C=O) groups excluding carboxylic acids is 2. The molecule has 0 radical (unpaired) electrons. The van der Waals surface area contributed by atoms with Gasteiger partial charge >= 0.3 is 5.97 Å². The van der Waals surface area contributed by atoms with Crippen molar-refractivity contribution >= 4 is 17.9 Å². The highest BCUT2D eigenvalue weighted by Gasteiger charge is 2.56. The van der Waals surface area contributed by atoms with E-state index < -0.39 is 11.5 Å². The monoisotopic (exact) mass is 302 g/mol. The third-order valence-electron chi connectivity index (χ3n) is 4.82. The Morgan fingerprint density at radius 3 is 2.32 bits per heavy atom. The van der Waals surface area contributed by atoms with Gasteiger partial charge in [0.25, 0.3) is 0 Å². The lowest BCUT2D eigenvalue weighted by molar-refractivity contribution is -0.159. The molecule has 1 aliphatic heterocycles. The molecule has 0 aromatic heterocycles. The van der Waals surface area contributed by atoms with Gasteiger partial charge in [-0.1, -0.05) is 18.2 Å². The van der Waals surface area contributed by atoms with Crippen LogP contribution in [0, 0.1) is 5.92 Å². The average Bonchev–Trinajstić information content (AvgIpc) is 3.42.